The Labute approximate surface area is 309 Å². The van der Waals surface area contributed by atoms with Gasteiger partial charge in [-0.1, -0.05) is 175 Å². The van der Waals surface area contributed by atoms with Gasteiger partial charge >= 0.3 is 17.9 Å². The predicted molar refractivity (Wildman–Crippen MR) is 208 cm³/mol. The summed E-state index contributed by atoms with van der Waals surface area (Å²) < 4.78 is 17.6. The minimum absolute atomic E-state index is 0.0256. The average molecular weight is 711 g/mol. The van der Waals surface area contributed by atoms with Crippen molar-refractivity contribution in [2.45, 2.75) is 245 Å². The molecule has 0 aliphatic rings. The fraction of sp³-hybridized carbons (Fsp3) is 0.930. The molecule has 296 valence electrons. The number of esters is 2. The van der Waals surface area contributed by atoms with Crippen LogP contribution in [0, 0.1) is 0 Å². The minimum Gasteiger partial charge on any atom is -0.481 e. The highest BCUT2D eigenvalue weighted by Crippen LogP contribution is 2.25. The maximum atomic E-state index is 12.6. The highest BCUT2D eigenvalue weighted by atomic mass is 16.6. The molecule has 1 N–H and O–H groups in total. The molecule has 1 unspecified atom stereocenters. The van der Waals surface area contributed by atoms with Crippen molar-refractivity contribution < 1.29 is 33.7 Å². The largest absolute Gasteiger partial charge is 0.481 e. The number of aliphatic carboxylic acids is 1. The van der Waals surface area contributed by atoms with Crippen LogP contribution in [0.15, 0.2) is 0 Å². The lowest BCUT2D eigenvalue weighted by Gasteiger charge is -2.33. The number of rotatable bonds is 39. The summed E-state index contributed by atoms with van der Waals surface area (Å²) in [6, 6.07) is 0. The van der Waals surface area contributed by atoms with Crippen LogP contribution in [0.4, 0.5) is 0 Å². The maximum absolute atomic E-state index is 12.6. The lowest BCUT2D eigenvalue weighted by molar-refractivity contribution is -0.169. The van der Waals surface area contributed by atoms with E-state index in [1.165, 1.54) is 128 Å². The van der Waals surface area contributed by atoms with Crippen LogP contribution in [0.1, 0.15) is 233 Å². The molecule has 0 heterocycles. The van der Waals surface area contributed by atoms with E-state index in [4.69, 9.17) is 19.3 Å². The average Bonchev–Trinajstić information content (AvgIpc) is 3.09. The molecule has 50 heavy (non-hydrogen) atoms. The summed E-state index contributed by atoms with van der Waals surface area (Å²) in [5.74, 6) is -1.32. The van der Waals surface area contributed by atoms with E-state index in [0.717, 1.165) is 38.5 Å². The molecule has 7 heteroatoms. The number of hydrogen-bond donors (Lipinski definition) is 1. The van der Waals surface area contributed by atoms with Crippen molar-refractivity contribution in [3.63, 3.8) is 0 Å². The molecular formula is C43H82O7. The van der Waals surface area contributed by atoms with Crippen LogP contribution in [0.3, 0.4) is 0 Å². The predicted octanol–water partition coefficient (Wildman–Crippen LogP) is 12.8. The number of carboxylic acid groups (broad SMARTS) is 1. The topological polar surface area (TPSA) is 99.1 Å². The Morgan fingerprint density at radius 1 is 0.480 bits per heavy atom. The van der Waals surface area contributed by atoms with Crippen LogP contribution in [0.25, 0.3) is 0 Å². The summed E-state index contributed by atoms with van der Waals surface area (Å²) in [4.78, 5) is 36.2. The Morgan fingerprint density at radius 3 is 1.10 bits per heavy atom. The van der Waals surface area contributed by atoms with Gasteiger partial charge in [0.15, 0.2) is 0 Å². The summed E-state index contributed by atoms with van der Waals surface area (Å²) in [6.07, 6.45) is 34.6. The molecule has 0 aromatic heterocycles. The van der Waals surface area contributed by atoms with Crippen molar-refractivity contribution in [1.29, 1.82) is 0 Å². The van der Waals surface area contributed by atoms with Gasteiger partial charge in [0.1, 0.15) is 19.3 Å². The van der Waals surface area contributed by atoms with Crippen LogP contribution in [-0.2, 0) is 28.6 Å². The molecule has 0 amide bonds. The van der Waals surface area contributed by atoms with E-state index in [-0.39, 0.29) is 31.6 Å². The Bertz CT molecular complexity index is 739. The zero-order valence-electron chi connectivity index (χ0n) is 33.5. The van der Waals surface area contributed by atoms with Crippen molar-refractivity contribution >= 4 is 17.9 Å². The number of carbonyl (C=O) groups excluding carboxylic acids is 2. The molecule has 0 aromatic carbocycles. The van der Waals surface area contributed by atoms with Gasteiger partial charge in [0, 0.05) is 19.3 Å². The fourth-order valence-electron chi connectivity index (χ4n) is 6.54. The van der Waals surface area contributed by atoms with Crippen LogP contribution >= 0.6 is 0 Å². The summed E-state index contributed by atoms with van der Waals surface area (Å²) in [5, 5.41) is 9.09. The van der Waals surface area contributed by atoms with Gasteiger partial charge in [0.25, 0.3) is 0 Å². The Kier molecular flexibility index (Phi) is 34.6. The van der Waals surface area contributed by atoms with Gasteiger partial charge in [-0.25, -0.2) is 0 Å². The molecule has 0 aliphatic carbocycles. The van der Waals surface area contributed by atoms with Gasteiger partial charge in [0.2, 0.25) is 0 Å². The van der Waals surface area contributed by atoms with Crippen molar-refractivity contribution in [3.05, 3.63) is 0 Å². The van der Waals surface area contributed by atoms with Crippen molar-refractivity contribution in [3.8, 4) is 0 Å². The second-order valence-corrected chi connectivity index (χ2v) is 15.1. The number of hydrogen-bond acceptors (Lipinski definition) is 6. The third-order valence-corrected chi connectivity index (χ3v) is 10.1. The number of carbonyl (C=O) groups is 3. The van der Waals surface area contributed by atoms with Crippen molar-refractivity contribution in [2.24, 2.45) is 0 Å². The van der Waals surface area contributed by atoms with E-state index in [1.807, 2.05) is 13.8 Å². The number of ether oxygens (including phenoxy) is 3. The van der Waals surface area contributed by atoms with Crippen LogP contribution in [0.5, 0.6) is 0 Å². The van der Waals surface area contributed by atoms with Crippen LogP contribution in [0.2, 0.25) is 0 Å². The van der Waals surface area contributed by atoms with Crippen molar-refractivity contribution in [2.75, 3.05) is 13.2 Å². The molecule has 0 aromatic rings. The highest BCUT2D eigenvalue weighted by Gasteiger charge is 2.29. The van der Waals surface area contributed by atoms with E-state index in [1.54, 1.807) is 0 Å². The van der Waals surface area contributed by atoms with E-state index in [2.05, 4.69) is 13.8 Å². The van der Waals surface area contributed by atoms with Gasteiger partial charge in [0.05, 0.1) is 5.60 Å². The first-order valence-corrected chi connectivity index (χ1v) is 21.5. The van der Waals surface area contributed by atoms with E-state index < -0.39 is 17.7 Å². The Balaban J connectivity index is 4.36. The van der Waals surface area contributed by atoms with Crippen LogP contribution < -0.4 is 0 Å². The van der Waals surface area contributed by atoms with Gasteiger partial charge in [-0.05, 0) is 39.0 Å². The lowest BCUT2D eigenvalue weighted by Crippen LogP contribution is -2.39. The summed E-state index contributed by atoms with van der Waals surface area (Å²) in [7, 11) is 0. The monoisotopic (exact) mass is 711 g/mol. The molecule has 0 saturated heterocycles. The zero-order valence-corrected chi connectivity index (χ0v) is 33.5. The SMILES string of the molecule is CCCCCCCCCCCCCCCC(=O)OCC(COC(=O)CCCCCCCCCCCCCCC)OC(C)(CC)CCCC(=O)O. The first-order valence-electron chi connectivity index (χ1n) is 21.5. The first-order chi connectivity index (χ1) is 24.3. The molecule has 0 saturated carbocycles. The number of carboxylic acids is 1. The second-order valence-electron chi connectivity index (χ2n) is 15.1. The summed E-state index contributed by atoms with van der Waals surface area (Å²) >= 11 is 0. The molecule has 0 aliphatic heterocycles. The molecule has 0 fully saturated rings. The first kappa shape index (κ1) is 48.4. The van der Waals surface area contributed by atoms with Crippen molar-refractivity contribution in [1.82, 2.24) is 0 Å². The van der Waals surface area contributed by atoms with E-state index in [0.29, 0.717) is 32.1 Å². The van der Waals surface area contributed by atoms with Crippen LogP contribution in [-0.4, -0.2) is 47.9 Å². The van der Waals surface area contributed by atoms with E-state index >= 15 is 0 Å². The summed E-state index contributed by atoms with van der Waals surface area (Å²) in [5.41, 5.74) is -0.594. The third-order valence-electron chi connectivity index (χ3n) is 10.1. The van der Waals surface area contributed by atoms with Gasteiger partial charge in [-0.2, -0.15) is 0 Å². The Hall–Kier alpha value is -1.63. The third kappa shape index (κ3) is 33.5. The minimum atomic E-state index is -0.829. The molecular weight excluding hydrogens is 628 g/mol. The molecule has 0 bridgehead atoms. The van der Waals surface area contributed by atoms with E-state index in [9.17, 15) is 14.4 Å². The molecule has 7 nitrogen and oxygen atoms in total. The molecule has 0 radical (unpaired) electrons. The molecule has 0 rings (SSSR count). The molecule has 1 atom stereocenters. The lowest BCUT2D eigenvalue weighted by atomic mass is 9.95. The second kappa shape index (κ2) is 35.8. The van der Waals surface area contributed by atoms with Gasteiger partial charge < -0.3 is 19.3 Å². The highest BCUT2D eigenvalue weighted by molar-refractivity contribution is 5.69. The fourth-order valence-corrected chi connectivity index (χ4v) is 6.54. The van der Waals surface area contributed by atoms with Gasteiger partial charge in [-0.15, -0.1) is 0 Å². The summed E-state index contributed by atoms with van der Waals surface area (Å²) in [6.45, 7) is 8.52. The normalized spacial score (nSPS) is 12.7. The molecule has 0 spiro atoms. The quantitative estimate of drug-likeness (QED) is 0.0500. The maximum Gasteiger partial charge on any atom is 0.305 e. The smallest absolute Gasteiger partial charge is 0.305 e. The Morgan fingerprint density at radius 2 is 0.800 bits per heavy atom. The standard InChI is InChI=1S/C43H82O7/c1-5-8-10-12-14-16-18-20-22-24-26-28-30-34-41(46)48-37-39(50-43(4,7-3)36-32-33-40(44)45)38-49-42(47)35-31-29-27-25-23-21-19-17-15-13-11-9-6-2/h39H,5-38H2,1-4H3,(H,44,45). The van der Waals surface area contributed by atoms with Gasteiger partial charge in [-0.3, -0.25) is 14.4 Å². The number of unbranched alkanes of at least 4 members (excludes halogenated alkanes) is 24. The zero-order chi connectivity index (χ0) is 37.0.